The van der Waals surface area contributed by atoms with Crippen molar-refractivity contribution in [3.05, 3.63) is 82.3 Å². The van der Waals surface area contributed by atoms with E-state index in [2.05, 4.69) is 18.7 Å². The SMILES string of the molecule is [C-]#[N+]/C(=C\c1ccc(OCCCC)cc1)C(=O)O[C@H]1CO[C@H]2[C@@H]1OC[C@H]2OC(=O)/C(C#N)=C/c1ccc(OCCCC)cc1. The molecule has 2 aromatic carbocycles. The summed E-state index contributed by atoms with van der Waals surface area (Å²) in [5.41, 5.74) is 0.920. The molecule has 0 aliphatic carbocycles. The molecule has 4 atom stereocenters. The minimum Gasteiger partial charge on any atom is -0.494 e. The van der Waals surface area contributed by atoms with Gasteiger partial charge in [-0.15, -0.1) is 0 Å². The number of ether oxygens (including phenoxy) is 6. The molecule has 10 heteroatoms. The van der Waals surface area contributed by atoms with E-state index in [1.165, 1.54) is 12.2 Å². The Hall–Kier alpha value is -4.64. The molecule has 0 spiro atoms. The normalized spacial score (nSPS) is 21.1. The Morgan fingerprint density at radius 2 is 1.32 bits per heavy atom. The third-order valence-corrected chi connectivity index (χ3v) is 7.06. The summed E-state index contributed by atoms with van der Waals surface area (Å²) in [7, 11) is 0. The van der Waals surface area contributed by atoms with Crippen LogP contribution < -0.4 is 9.47 Å². The number of fused-ring (bicyclic) bond motifs is 1. The van der Waals surface area contributed by atoms with Crippen LogP contribution in [0.15, 0.2) is 59.8 Å². The number of carbonyl (C=O) groups is 2. The highest BCUT2D eigenvalue weighted by atomic mass is 16.7. The summed E-state index contributed by atoms with van der Waals surface area (Å²) in [6, 6.07) is 16.0. The number of nitriles is 1. The smallest absolute Gasteiger partial charge is 0.349 e. The van der Waals surface area contributed by atoms with Gasteiger partial charge >= 0.3 is 11.9 Å². The Balaban J connectivity index is 1.31. The fraction of sp³-hybridized carbons (Fsp3) is 0.412. The average Bonchev–Trinajstić information content (AvgIpc) is 3.63. The van der Waals surface area contributed by atoms with Crippen LogP contribution in [0.2, 0.25) is 0 Å². The Morgan fingerprint density at radius 3 is 1.77 bits per heavy atom. The molecule has 4 rings (SSSR count). The summed E-state index contributed by atoms with van der Waals surface area (Å²) in [4.78, 5) is 29.0. The molecule has 44 heavy (non-hydrogen) atoms. The average molecular weight is 601 g/mol. The van der Waals surface area contributed by atoms with Crippen LogP contribution in [0.4, 0.5) is 0 Å². The maximum absolute atomic E-state index is 12.8. The van der Waals surface area contributed by atoms with Gasteiger partial charge < -0.3 is 28.4 Å². The topological polar surface area (TPSA) is 118 Å². The second kappa shape index (κ2) is 16.3. The van der Waals surface area contributed by atoms with E-state index in [1.807, 2.05) is 6.07 Å². The highest BCUT2D eigenvalue weighted by Crippen LogP contribution is 2.32. The van der Waals surface area contributed by atoms with Gasteiger partial charge in [0.15, 0.2) is 12.2 Å². The second-order valence-electron chi connectivity index (χ2n) is 10.3. The van der Waals surface area contributed by atoms with Gasteiger partial charge in [-0.25, -0.2) is 9.64 Å². The van der Waals surface area contributed by atoms with E-state index in [0.29, 0.717) is 35.8 Å². The molecule has 0 aromatic heterocycles. The lowest BCUT2D eigenvalue weighted by atomic mass is 10.1. The fourth-order valence-corrected chi connectivity index (χ4v) is 4.62. The van der Waals surface area contributed by atoms with Gasteiger partial charge in [0, 0.05) is 0 Å². The van der Waals surface area contributed by atoms with E-state index < -0.39 is 36.4 Å². The van der Waals surface area contributed by atoms with Crippen molar-refractivity contribution in [3.63, 3.8) is 0 Å². The Kier molecular flexibility index (Phi) is 11.9. The molecular formula is C34H36N2O8. The van der Waals surface area contributed by atoms with Gasteiger partial charge in [0.2, 0.25) is 0 Å². The first-order valence-corrected chi connectivity index (χ1v) is 14.8. The summed E-state index contributed by atoms with van der Waals surface area (Å²) in [5, 5.41) is 9.60. The quantitative estimate of drug-likeness (QED) is 0.0906. The number of nitrogens with zero attached hydrogens (tertiary/aromatic N) is 2. The van der Waals surface area contributed by atoms with E-state index in [9.17, 15) is 14.9 Å². The molecular weight excluding hydrogens is 564 g/mol. The number of hydrogen-bond donors (Lipinski definition) is 0. The lowest BCUT2D eigenvalue weighted by molar-refractivity contribution is -0.150. The van der Waals surface area contributed by atoms with Gasteiger partial charge in [-0.2, -0.15) is 5.26 Å². The van der Waals surface area contributed by atoms with Gasteiger partial charge in [-0.05, 0) is 60.4 Å². The zero-order valence-electron chi connectivity index (χ0n) is 24.9. The van der Waals surface area contributed by atoms with Crippen LogP contribution in [0.5, 0.6) is 11.5 Å². The summed E-state index contributed by atoms with van der Waals surface area (Å²) in [6.45, 7) is 12.9. The minimum atomic E-state index is -0.811. The highest BCUT2D eigenvalue weighted by Gasteiger charge is 2.51. The van der Waals surface area contributed by atoms with Crippen molar-refractivity contribution in [3.8, 4) is 17.6 Å². The first kappa shape index (κ1) is 32.3. The molecule has 0 unspecified atom stereocenters. The van der Waals surface area contributed by atoms with Crippen molar-refractivity contribution in [2.45, 2.75) is 63.9 Å². The first-order chi connectivity index (χ1) is 21.4. The van der Waals surface area contributed by atoms with E-state index in [1.54, 1.807) is 48.5 Å². The predicted octanol–water partition coefficient (Wildman–Crippen LogP) is 5.53. The molecule has 0 amide bonds. The predicted molar refractivity (Wildman–Crippen MR) is 161 cm³/mol. The maximum Gasteiger partial charge on any atom is 0.349 e. The lowest BCUT2D eigenvalue weighted by Crippen LogP contribution is -2.36. The molecule has 0 bridgehead atoms. The standard InChI is InChI=1S/C34H36N2O8/c1-4-6-16-39-26-12-8-23(9-13-26)18-25(20-35)33(37)43-29-21-41-32-30(22-42-31(29)32)44-34(38)28(36-3)19-24-10-14-27(15-11-24)40-17-7-5-2/h8-15,18-19,29-32H,4-7,16-17,21-22H2,1-2H3/b25-18+,28-19-/t29-,30+,31-,32-/m1/s1. The highest BCUT2D eigenvalue weighted by molar-refractivity contribution is 5.98. The number of carbonyl (C=O) groups excluding carboxylic acids is 2. The van der Waals surface area contributed by atoms with Crippen LogP contribution in [0.25, 0.3) is 17.0 Å². The summed E-state index contributed by atoms with van der Waals surface area (Å²) >= 11 is 0. The first-order valence-electron chi connectivity index (χ1n) is 14.8. The van der Waals surface area contributed by atoms with Gasteiger partial charge in [-0.3, -0.25) is 4.79 Å². The van der Waals surface area contributed by atoms with E-state index in [4.69, 9.17) is 35.0 Å². The minimum absolute atomic E-state index is 0.00974. The molecule has 0 N–H and O–H groups in total. The van der Waals surface area contributed by atoms with Crippen LogP contribution in [0.1, 0.15) is 50.7 Å². The number of benzene rings is 2. The van der Waals surface area contributed by atoms with E-state index >= 15 is 0 Å². The third-order valence-electron chi connectivity index (χ3n) is 7.06. The maximum atomic E-state index is 12.8. The van der Waals surface area contributed by atoms with Crippen molar-refractivity contribution in [2.75, 3.05) is 26.4 Å². The van der Waals surface area contributed by atoms with Crippen LogP contribution in [-0.2, 0) is 28.5 Å². The molecule has 10 nitrogen and oxygen atoms in total. The number of rotatable bonds is 14. The second-order valence-corrected chi connectivity index (χ2v) is 10.3. The van der Waals surface area contributed by atoms with E-state index in [-0.39, 0.29) is 24.5 Å². The molecule has 2 saturated heterocycles. The monoisotopic (exact) mass is 600 g/mol. The van der Waals surface area contributed by atoms with Crippen LogP contribution in [0, 0.1) is 17.9 Å². The summed E-state index contributed by atoms with van der Waals surface area (Å²) < 4.78 is 34.0. The van der Waals surface area contributed by atoms with Crippen LogP contribution in [0.3, 0.4) is 0 Å². The molecule has 0 radical (unpaired) electrons. The van der Waals surface area contributed by atoms with Crippen LogP contribution in [-0.4, -0.2) is 62.8 Å². The van der Waals surface area contributed by atoms with Crippen molar-refractivity contribution in [1.82, 2.24) is 0 Å². The molecule has 2 aliphatic rings. The Morgan fingerprint density at radius 1 is 0.841 bits per heavy atom. The largest absolute Gasteiger partial charge is 0.494 e. The number of hydrogen-bond acceptors (Lipinski definition) is 9. The molecule has 2 heterocycles. The zero-order valence-corrected chi connectivity index (χ0v) is 24.9. The Labute approximate surface area is 257 Å². The number of unbranched alkanes of at least 4 members (excludes halogenated alkanes) is 2. The molecule has 0 saturated carbocycles. The molecule has 2 aliphatic heterocycles. The Bertz CT molecular complexity index is 1310. The summed E-state index contributed by atoms with van der Waals surface area (Å²) in [5.74, 6) is -0.197. The lowest BCUT2D eigenvalue weighted by Gasteiger charge is -2.17. The van der Waals surface area contributed by atoms with Crippen molar-refractivity contribution in [2.24, 2.45) is 0 Å². The van der Waals surface area contributed by atoms with Gasteiger partial charge in [0.25, 0.3) is 5.70 Å². The van der Waals surface area contributed by atoms with Gasteiger partial charge in [-0.1, -0.05) is 51.0 Å². The van der Waals surface area contributed by atoms with Gasteiger partial charge in [0.1, 0.15) is 35.3 Å². The van der Waals surface area contributed by atoms with E-state index in [0.717, 1.165) is 25.7 Å². The van der Waals surface area contributed by atoms with Crippen molar-refractivity contribution >= 4 is 24.1 Å². The molecule has 230 valence electrons. The van der Waals surface area contributed by atoms with Crippen LogP contribution >= 0.6 is 0 Å². The third kappa shape index (κ3) is 8.70. The van der Waals surface area contributed by atoms with Crippen molar-refractivity contribution in [1.29, 1.82) is 5.26 Å². The fourth-order valence-electron chi connectivity index (χ4n) is 4.62. The van der Waals surface area contributed by atoms with Crippen molar-refractivity contribution < 1.29 is 38.0 Å². The zero-order chi connectivity index (χ0) is 31.3. The molecule has 2 fully saturated rings. The number of esters is 2. The summed E-state index contributed by atoms with van der Waals surface area (Å²) in [6.07, 6.45) is 3.91. The molecule has 2 aromatic rings. The van der Waals surface area contributed by atoms with Gasteiger partial charge in [0.05, 0.1) is 33.0 Å².